The second-order valence-electron chi connectivity index (χ2n) is 13.2. The normalized spacial score (nSPS) is 12.1. The summed E-state index contributed by atoms with van der Waals surface area (Å²) >= 11 is 0. The molecule has 10 aromatic rings. The summed E-state index contributed by atoms with van der Waals surface area (Å²) in [5.41, 5.74) is 14.2. The van der Waals surface area contributed by atoms with E-state index in [1.54, 1.807) is 0 Å². The summed E-state index contributed by atoms with van der Waals surface area (Å²) < 4.78 is 6.24. The van der Waals surface area contributed by atoms with Crippen LogP contribution in [0.25, 0.3) is 110 Å². The highest BCUT2D eigenvalue weighted by molar-refractivity contribution is 6.27. The lowest BCUT2D eigenvalue weighted by molar-refractivity contribution is 0.669. The van der Waals surface area contributed by atoms with Crippen molar-refractivity contribution in [1.82, 2.24) is 0 Å². The van der Waals surface area contributed by atoms with E-state index in [2.05, 4.69) is 164 Å². The molecule has 9 aromatic carbocycles. The smallest absolute Gasteiger partial charge is 0.135 e. The molecule has 1 aliphatic carbocycles. The standard InChI is InChI=1S/C48H28O/c1-4-16-35-31(12-1)32-13-2-5-17-36(32)42-28-44-40-22-11-21-30(29-24-25-47-45(26-29)38-19-9-10-23-46(38)49-47)48(40)39-20-8-7-15-34(39)33-14-3-6-18-37(33)43(44)27-41(35)42/h1-28H. The molecule has 49 heavy (non-hydrogen) atoms. The van der Waals surface area contributed by atoms with Crippen molar-refractivity contribution in [3.05, 3.63) is 170 Å². The summed E-state index contributed by atoms with van der Waals surface area (Å²) in [5.74, 6) is 0. The van der Waals surface area contributed by atoms with Gasteiger partial charge in [-0.05, 0) is 118 Å². The Kier molecular flexibility index (Phi) is 5.45. The second-order valence-corrected chi connectivity index (χ2v) is 13.2. The molecule has 0 radical (unpaired) electrons. The van der Waals surface area contributed by atoms with Gasteiger partial charge in [0.2, 0.25) is 0 Å². The average Bonchev–Trinajstić information content (AvgIpc) is 3.55. The minimum Gasteiger partial charge on any atom is -0.456 e. The topological polar surface area (TPSA) is 13.1 Å². The Bertz CT molecular complexity index is 2990. The van der Waals surface area contributed by atoms with Gasteiger partial charge >= 0.3 is 0 Å². The number of hydrogen-bond donors (Lipinski definition) is 0. The summed E-state index contributed by atoms with van der Waals surface area (Å²) in [6.07, 6.45) is 0. The van der Waals surface area contributed by atoms with E-state index >= 15 is 0 Å². The Morgan fingerprint density at radius 2 is 0.694 bits per heavy atom. The summed E-state index contributed by atoms with van der Waals surface area (Å²) in [5, 5.41) is 9.99. The molecule has 0 saturated carbocycles. The highest BCUT2D eigenvalue weighted by atomic mass is 16.3. The van der Waals surface area contributed by atoms with Gasteiger partial charge in [-0.25, -0.2) is 0 Å². The average molecular weight is 621 g/mol. The van der Waals surface area contributed by atoms with Crippen molar-refractivity contribution in [2.24, 2.45) is 0 Å². The Labute approximate surface area is 283 Å². The molecular formula is C48H28O. The van der Waals surface area contributed by atoms with E-state index in [0.29, 0.717) is 0 Å². The van der Waals surface area contributed by atoms with E-state index in [1.165, 1.54) is 88.0 Å². The molecule has 0 fully saturated rings. The molecule has 0 saturated heterocycles. The largest absolute Gasteiger partial charge is 0.456 e. The number of rotatable bonds is 1. The van der Waals surface area contributed by atoms with Gasteiger partial charge in [0.05, 0.1) is 0 Å². The fraction of sp³-hybridized carbons (Fsp3) is 0. The van der Waals surface area contributed by atoms with Crippen molar-refractivity contribution in [3.63, 3.8) is 0 Å². The van der Waals surface area contributed by atoms with Crippen LogP contribution >= 0.6 is 0 Å². The van der Waals surface area contributed by atoms with E-state index in [4.69, 9.17) is 4.42 Å². The molecule has 0 amide bonds. The van der Waals surface area contributed by atoms with Gasteiger partial charge in [0.15, 0.2) is 0 Å². The summed E-state index contributed by atoms with van der Waals surface area (Å²) in [7, 11) is 0. The number of fused-ring (bicyclic) bond motifs is 17. The van der Waals surface area contributed by atoms with Crippen molar-refractivity contribution in [1.29, 1.82) is 0 Å². The molecule has 1 heteroatoms. The summed E-state index contributed by atoms with van der Waals surface area (Å²) in [6.45, 7) is 0. The van der Waals surface area contributed by atoms with Gasteiger partial charge in [-0.15, -0.1) is 0 Å². The van der Waals surface area contributed by atoms with Crippen LogP contribution < -0.4 is 0 Å². The quantitative estimate of drug-likeness (QED) is 0.166. The Morgan fingerprint density at radius 3 is 1.37 bits per heavy atom. The minimum absolute atomic E-state index is 0.911. The predicted molar refractivity (Wildman–Crippen MR) is 207 cm³/mol. The van der Waals surface area contributed by atoms with Crippen LogP contribution in [0.15, 0.2) is 174 Å². The van der Waals surface area contributed by atoms with E-state index in [0.717, 1.165) is 21.9 Å². The first kappa shape index (κ1) is 26.6. The SMILES string of the molecule is c1ccc2c(c1)-c1cc3c4ccccc4c4ccccc4c3cc1-c1cccc(-c3ccc4oc5ccccc5c4c3)c1-c1ccccc1-2. The van der Waals surface area contributed by atoms with Crippen LogP contribution in [0.2, 0.25) is 0 Å². The van der Waals surface area contributed by atoms with E-state index < -0.39 is 0 Å². The molecule has 0 spiro atoms. The third-order valence-corrected chi connectivity index (χ3v) is 10.6. The van der Waals surface area contributed by atoms with Crippen molar-refractivity contribution in [2.75, 3.05) is 0 Å². The van der Waals surface area contributed by atoms with Gasteiger partial charge in [0.1, 0.15) is 11.2 Å². The molecule has 1 nitrogen and oxygen atoms in total. The van der Waals surface area contributed by atoms with E-state index in [-0.39, 0.29) is 0 Å². The zero-order chi connectivity index (χ0) is 32.1. The number of hydrogen-bond acceptors (Lipinski definition) is 1. The molecule has 226 valence electrons. The maximum absolute atomic E-state index is 6.24. The third-order valence-electron chi connectivity index (χ3n) is 10.6. The summed E-state index contributed by atoms with van der Waals surface area (Å²) in [6, 6.07) is 62.4. The molecule has 1 heterocycles. The highest BCUT2D eigenvalue weighted by Crippen LogP contribution is 2.52. The molecule has 0 unspecified atom stereocenters. The summed E-state index contributed by atoms with van der Waals surface area (Å²) in [4.78, 5) is 0. The van der Waals surface area contributed by atoms with Crippen molar-refractivity contribution < 1.29 is 4.42 Å². The lowest BCUT2D eigenvalue weighted by Gasteiger charge is -2.26. The Hall–Kier alpha value is -6.44. The van der Waals surface area contributed by atoms with Gasteiger partial charge in [-0.2, -0.15) is 0 Å². The van der Waals surface area contributed by atoms with Gasteiger partial charge in [0.25, 0.3) is 0 Å². The van der Waals surface area contributed by atoms with Crippen LogP contribution in [0.4, 0.5) is 0 Å². The van der Waals surface area contributed by atoms with Crippen LogP contribution in [-0.2, 0) is 0 Å². The van der Waals surface area contributed by atoms with Gasteiger partial charge in [-0.1, -0.05) is 140 Å². The molecule has 0 atom stereocenters. The number of furan rings is 1. The zero-order valence-electron chi connectivity index (χ0n) is 26.6. The predicted octanol–water partition coefficient (Wildman–Crippen LogP) is 13.7. The van der Waals surface area contributed by atoms with E-state index in [9.17, 15) is 0 Å². The Morgan fingerprint density at radius 1 is 0.245 bits per heavy atom. The monoisotopic (exact) mass is 620 g/mol. The maximum atomic E-state index is 6.24. The van der Waals surface area contributed by atoms with Gasteiger partial charge in [0, 0.05) is 10.8 Å². The van der Waals surface area contributed by atoms with Crippen molar-refractivity contribution in [3.8, 4) is 55.6 Å². The van der Waals surface area contributed by atoms with Crippen molar-refractivity contribution >= 4 is 54.3 Å². The maximum Gasteiger partial charge on any atom is 0.135 e. The molecule has 0 bridgehead atoms. The van der Waals surface area contributed by atoms with Crippen molar-refractivity contribution in [2.45, 2.75) is 0 Å². The first-order valence-corrected chi connectivity index (χ1v) is 16.9. The number of benzene rings is 9. The van der Waals surface area contributed by atoms with Gasteiger partial charge in [-0.3, -0.25) is 0 Å². The molecule has 0 N–H and O–H groups in total. The van der Waals surface area contributed by atoms with Crippen LogP contribution in [0.1, 0.15) is 0 Å². The molecule has 11 rings (SSSR count). The fourth-order valence-electron chi connectivity index (χ4n) is 8.49. The lowest BCUT2D eigenvalue weighted by atomic mass is 9.77. The molecule has 0 aliphatic heterocycles. The number of para-hydroxylation sites is 1. The lowest BCUT2D eigenvalue weighted by Crippen LogP contribution is -1.99. The van der Waals surface area contributed by atoms with Crippen LogP contribution in [0.3, 0.4) is 0 Å². The van der Waals surface area contributed by atoms with Gasteiger partial charge < -0.3 is 4.42 Å². The van der Waals surface area contributed by atoms with E-state index in [1.807, 2.05) is 6.07 Å². The fourth-order valence-corrected chi connectivity index (χ4v) is 8.49. The van der Waals surface area contributed by atoms with Crippen LogP contribution in [0, 0.1) is 0 Å². The highest BCUT2D eigenvalue weighted by Gasteiger charge is 2.25. The first-order valence-electron chi connectivity index (χ1n) is 16.9. The zero-order valence-corrected chi connectivity index (χ0v) is 26.6. The Balaban J connectivity index is 1.31. The van der Waals surface area contributed by atoms with Crippen LogP contribution in [-0.4, -0.2) is 0 Å². The third kappa shape index (κ3) is 3.76. The van der Waals surface area contributed by atoms with Crippen LogP contribution in [0.5, 0.6) is 0 Å². The first-order chi connectivity index (χ1) is 24.3. The molecule has 1 aliphatic rings. The molecular weight excluding hydrogens is 593 g/mol. The molecule has 1 aromatic heterocycles. The minimum atomic E-state index is 0.911. The second kappa shape index (κ2) is 10.0.